The minimum absolute atomic E-state index is 0.0196. The third-order valence-corrected chi connectivity index (χ3v) is 6.10. The molecule has 0 unspecified atom stereocenters. The Morgan fingerprint density at radius 1 is 1.03 bits per heavy atom. The molecule has 2 aromatic rings. The van der Waals surface area contributed by atoms with Crippen molar-refractivity contribution in [3.63, 3.8) is 0 Å². The highest BCUT2D eigenvalue weighted by atomic mass is 32.2. The molecule has 8 nitrogen and oxygen atoms in total. The van der Waals surface area contributed by atoms with E-state index >= 15 is 0 Å². The molecule has 0 aromatic heterocycles. The van der Waals surface area contributed by atoms with Crippen LogP contribution in [0.5, 0.6) is 0 Å². The van der Waals surface area contributed by atoms with Crippen LogP contribution in [0.2, 0.25) is 0 Å². The average Bonchev–Trinajstić information content (AvgIpc) is 2.77. The van der Waals surface area contributed by atoms with Crippen molar-refractivity contribution in [2.45, 2.75) is 17.5 Å². The second kappa shape index (κ2) is 8.21. The number of nitrogens with two attached hydrogens (primary N) is 2. The van der Waals surface area contributed by atoms with Gasteiger partial charge in [-0.05, 0) is 11.1 Å². The maximum Gasteiger partial charge on any atom is 0.409 e. The molecular formula is C21H19N3O5S. The zero-order chi connectivity index (χ0) is 21.3. The van der Waals surface area contributed by atoms with Crippen LogP contribution >= 0.6 is 11.8 Å². The van der Waals surface area contributed by atoms with Crippen LogP contribution in [0.25, 0.3) is 0 Å². The van der Waals surface area contributed by atoms with Gasteiger partial charge in [-0.2, -0.15) is 0 Å². The molecule has 9 heteroatoms. The lowest BCUT2D eigenvalue weighted by Gasteiger charge is -2.47. The van der Waals surface area contributed by atoms with Crippen LogP contribution in [0.15, 0.2) is 72.1 Å². The molecular weight excluding hydrogens is 406 g/mol. The first-order valence-corrected chi connectivity index (χ1v) is 10.2. The number of fused-ring (bicyclic) bond motifs is 1. The fourth-order valence-electron chi connectivity index (χ4n) is 3.42. The maximum atomic E-state index is 13.2. The number of nitrogens with zero attached hydrogens (tertiary/aromatic N) is 1. The lowest BCUT2D eigenvalue weighted by molar-refractivity contribution is -0.153. The summed E-state index contributed by atoms with van der Waals surface area (Å²) in [5.74, 6) is -1.10. The van der Waals surface area contributed by atoms with E-state index in [1.54, 1.807) is 0 Å². The van der Waals surface area contributed by atoms with Gasteiger partial charge in [-0.15, -0.1) is 11.8 Å². The highest BCUT2D eigenvalue weighted by Gasteiger charge is 2.53. The summed E-state index contributed by atoms with van der Waals surface area (Å²) in [6.07, 6.45) is -1.80. The molecule has 2 amide bonds. The number of carbonyl (C=O) groups is 3. The quantitative estimate of drug-likeness (QED) is 0.553. The molecule has 0 saturated carbocycles. The van der Waals surface area contributed by atoms with Gasteiger partial charge in [0.25, 0.3) is 0 Å². The minimum Gasteiger partial charge on any atom is -0.448 e. The van der Waals surface area contributed by atoms with Crippen molar-refractivity contribution >= 4 is 29.7 Å². The highest BCUT2D eigenvalue weighted by Crippen LogP contribution is 2.41. The molecule has 154 valence electrons. The Morgan fingerprint density at radius 2 is 1.60 bits per heavy atom. The van der Waals surface area contributed by atoms with Gasteiger partial charge in [-0.1, -0.05) is 60.7 Å². The predicted octanol–water partition coefficient (Wildman–Crippen LogP) is 1.87. The maximum absolute atomic E-state index is 13.2. The van der Waals surface area contributed by atoms with Gasteiger partial charge in [0.1, 0.15) is 11.4 Å². The van der Waals surface area contributed by atoms with Crippen molar-refractivity contribution in [1.82, 2.24) is 4.90 Å². The topological polar surface area (TPSA) is 125 Å². The van der Waals surface area contributed by atoms with Gasteiger partial charge in [0.05, 0.1) is 5.75 Å². The molecule has 0 aliphatic carbocycles. The van der Waals surface area contributed by atoms with Gasteiger partial charge in [0.2, 0.25) is 5.91 Å². The first-order chi connectivity index (χ1) is 14.5. The molecule has 1 saturated heterocycles. The van der Waals surface area contributed by atoms with Crippen LogP contribution < -0.4 is 11.5 Å². The molecule has 4 rings (SSSR count). The van der Waals surface area contributed by atoms with E-state index in [4.69, 9.17) is 20.9 Å². The van der Waals surface area contributed by atoms with Crippen LogP contribution in [-0.4, -0.2) is 40.0 Å². The highest BCUT2D eigenvalue weighted by molar-refractivity contribution is 8.00. The Bertz CT molecular complexity index is 972. The number of ether oxygens (including phenoxy) is 2. The van der Waals surface area contributed by atoms with E-state index in [9.17, 15) is 14.4 Å². The standard InChI is InChI=1S/C21H19N3O5S/c22-15-18(25)24-16(14(28-21(23)27)11-30-19(15)24)20(26)29-17(12-7-3-1-4-8-12)13-9-5-2-6-10-13/h1-10,15,17,19H,11,22H2,(H2,23,27)/t15-,19+/m1/s1. The molecule has 0 bridgehead atoms. The van der Waals surface area contributed by atoms with E-state index in [1.807, 2.05) is 60.7 Å². The number of rotatable bonds is 5. The molecule has 0 radical (unpaired) electrons. The Kier molecular flexibility index (Phi) is 5.47. The monoisotopic (exact) mass is 425 g/mol. The molecule has 2 heterocycles. The summed E-state index contributed by atoms with van der Waals surface area (Å²) in [6, 6.07) is 17.7. The molecule has 2 aliphatic rings. The van der Waals surface area contributed by atoms with Gasteiger partial charge in [0.15, 0.2) is 17.6 Å². The Hall–Kier alpha value is -3.30. The van der Waals surface area contributed by atoms with Gasteiger partial charge in [0, 0.05) is 0 Å². The minimum atomic E-state index is -1.07. The lowest BCUT2D eigenvalue weighted by Crippen LogP contribution is -2.68. The van der Waals surface area contributed by atoms with Gasteiger partial charge >= 0.3 is 12.1 Å². The number of benzene rings is 2. The number of primary amides is 1. The number of hydrogen-bond donors (Lipinski definition) is 2. The van der Waals surface area contributed by atoms with Crippen LogP contribution in [0, 0.1) is 0 Å². The van der Waals surface area contributed by atoms with Gasteiger partial charge in [-0.3, -0.25) is 9.69 Å². The summed E-state index contributed by atoms with van der Waals surface area (Å²) in [5, 5.41) is -0.424. The number of hydrogen-bond acceptors (Lipinski definition) is 7. The fraction of sp³-hybridized carbons (Fsp3) is 0.190. The number of amides is 2. The van der Waals surface area contributed by atoms with Crippen LogP contribution in [0.3, 0.4) is 0 Å². The predicted molar refractivity (Wildman–Crippen MR) is 110 cm³/mol. The van der Waals surface area contributed by atoms with Crippen molar-refractivity contribution in [2.75, 3.05) is 5.75 Å². The molecule has 2 aliphatic heterocycles. The third-order valence-electron chi connectivity index (χ3n) is 4.82. The van der Waals surface area contributed by atoms with Crippen LogP contribution in [0.4, 0.5) is 4.79 Å². The number of carbonyl (C=O) groups excluding carboxylic acids is 3. The summed E-state index contributed by atoms with van der Waals surface area (Å²) in [5.41, 5.74) is 12.4. The van der Waals surface area contributed by atoms with E-state index in [0.717, 1.165) is 11.1 Å². The number of β-lactam (4-membered cyclic amide) rings is 1. The van der Waals surface area contributed by atoms with Crippen molar-refractivity contribution in [2.24, 2.45) is 11.5 Å². The Labute approximate surface area is 176 Å². The van der Waals surface area contributed by atoms with E-state index in [1.165, 1.54) is 16.7 Å². The molecule has 4 N–H and O–H groups in total. The first kappa shape index (κ1) is 20.0. The summed E-state index contributed by atoms with van der Waals surface area (Å²) in [7, 11) is 0. The van der Waals surface area contributed by atoms with E-state index in [2.05, 4.69) is 0 Å². The zero-order valence-corrected chi connectivity index (χ0v) is 16.6. The average molecular weight is 425 g/mol. The fourth-order valence-corrected chi connectivity index (χ4v) is 4.62. The van der Waals surface area contributed by atoms with Crippen molar-refractivity contribution in [3.8, 4) is 0 Å². The smallest absolute Gasteiger partial charge is 0.409 e. The summed E-state index contributed by atoms with van der Waals surface area (Å²) in [6.45, 7) is 0. The Morgan fingerprint density at radius 3 is 2.13 bits per heavy atom. The molecule has 1 fully saturated rings. The van der Waals surface area contributed by atoms with E-state index < -0.39 is 35.5 Å². The molecule has 0 spiro atoms. The first-order valence-electron chi connectivity index (χ1n) is 9.19. The second-order valence-electron chi connectivity index (χ2n) is 6.74. The SMILES string of the molecule is NC(=O)OC1=C(C(=O)OC(c2ccccc2)c2ccccc2)N2C(=O)[C@@H](N)[C@@H]2SC1. The van der Waals surface area contributed by atoms with Gasteiger partial charge in [-0.25, -0.2) is 9.59 Å². The number of esters is 1. The molecule has 2 atom stereocenters. The lowest BCUT2D eigenvalue weighted by atomic mass is 10.0. The normalized spacial score (nSPS) is 20.5. The summed E-state index contributed by atoms with van der Waals surface area (Å²) >= 11 is 1.29. The summed E-state index contributed by atoms with van der Waals surface area (Å²) < 4.78 is 10.9. The largest absolute Gasteiger partial charge is 0.448 e. The molecule has 30 heavy (non-hydrogen) atoms. The second-order valence-corrected chi connectivity index (χ2v) is 7.84. The summed E-state index contributed by atoms with van der Waals surface area (Å²) in [4.78, 5) is 38.1. The third kappa shape index (κ3) is 3.64. The van der Waals surface area contributed by atoms with E-state index in [-0.39, 0.29) is 17.2 Å². The van der Waals surface area contributed by atoms with Crippen LogP contribution in [-0.2, 0) is 19.1 Å². The Balaban J connectivity index is 1.70. The van der Waals surface area contributed by atoms with Crippen molar-refractivity contribution in [1.29, 1.82) is 0 Å². The van der Waals surface area contributed by atoms with Gasteiger partial charge < -0.3 is 20.9 Å². The zero-order valence-electron chi connectivity index (χ0n) is 15.8. The van der Waals surface area contributed by atoms with Crippen LogP contribution in [0.1, 0.15) is 17.2 Å². The van der Waals surface area contributed by atoms with Crippen molar-refractivity contribution in [3.05, 3.63) is 83.2 Å². The number of thioether (sulfide) groups is 1. The van der Waals surface area contributed by atoms with E-state index in [0.29, 0.717) is 0 Å². The van der Waals surface area contributed by atoms with Crippen molar-refractivity contribution < 1.29 is 23.9 Å². The molecule has 2 aromatic carbocycles.